The average molecular weight is 514 g/mol. The number of amides is 3. The molecule has 0 radical (unpaired) electrons. The Kier molecular flexibility index (Phi) is 7.86. The number of nitrogens with zero attached hydrogens (tertiary/aromatic N) is 3. The third kappa shape index (κ3) is 5.83. The lowest BCUT2D eigenvalue weighted by molar-refractivity contribution is -0.384. The fourth-order valence-electron chi connectivity index (χ4n) is 3.60. The van der Waals surface area contributed by atoms with Crippen LogP contribution < -0.4 is 9.47 Å². The molecule has 0 saturated carbocycles. The van der Waals surface area contributed by atoms with E-state index in [9.17, 15) is 24.5 Å². The van der Waals surface area contributed by atoms with Crippen molar-refractivity contribution in [1.82, 2.24) is 9.80 Å². The van der Waals surface area contributed by atoms with Crippen LogP contribution in [0.15, 0.2) is 47.4 Å². The highest BCUT2D eigenvalue weighted by Crippen LogP contribution is 2.35. The van der Waals surface area contributed by atoms with E-state index in [-0.39, 0.29) is 29.7 Å². The van der Waals surface area contributed by atoms with Gasteiger partial charge in [0.2, 0.25) is 5.91 Å². The molecule has 2 heterocycles. The third-order valence-corrected chi connectivity index (χ3v) is 6.47. The fourth-order valence-corrected chi connectivity index (χ4v) is 4.44. The maximum absolute atomic E-state index is 12.8. The second-order valence-corrected chi connectivity index (χ2v) is 8.88. The van der Waals surface area contributed by atoms with Crippen molar-refractivity contribution in [1.29, 1.82) is 0 Å². The summed E-state index contributed by atoms with van der Waals surface area (Å²) < 4.78 is 16.4. The normalized spacial score (nSPS) is 17.0. The summed E-state index contributed by atoms with van der Waals surface area (Å²) in [4.78, 5) is 50.7. The maximum Gasteiger partial charge on any atom is 0.294 e. The standard InChI is InChI=1S/C24H23N3O8S/c1-33-20-12-17(4-7-19(20)35-15-16-2-5-18(6-3-16)27(31)32)13-21-23(29)26(24(30)36-21)14-22(28)25-8-10-34-11-9-25/h2-7,12-13H,8-11,14-15H2,1H3/b21-13+. The molecule has 2 fully saturated rings. The summed E-state index contributed by atoms with van der Waals surface area (Å²) in [6.45, 7) is 1.60. The van der Waals surface area contributed by atoms with E-state index >= 15 is 0 Å². The Morgan fingerprint density at radius 2 is 1.86 bits per heavy atom. The number of ether oxygens (including phenoxy) is 3. The Morgan fingerprint density at radius 3 is 2.53 bits per heavy atom. The number of carbonyl (C=O) groups excluding carboxylic acids is 3. The Bertz CT molecular complexity index is 1210. The number of thioether (sulfide) groups is 1. The van der Waals surface area contributed by atoms with Gasteiger partial charge in [-0.1, -0.05) is 6.07 Å². The van der Waals surface area contributed by atoms with E-state index in [2.05, 4.69) is 0 Å². The highest BCUT2D eigenvalue weighted by atomic mass is 32.2. The molecule has 2 aliphatic heterocycles. The predicted octanol–water partition coefficient (Wildman–Crippen LogP) is 3.08. The minimum absolute atomic E-state index is 0.00411. The van der Waals surface area contributed by atoms with Crippen LogP contribution in [0, 0.1) is 10.1 Å². The SMILES string of the molecule is COc1cc(/C=C2/SC(=O)N(CC(=O)N3CCOCC3)C2=O)ccc1OCc1ccc([N+](=O)[O-])cc1. The molecule has 12 heteroatoms. The lowest BCUT2D eigenvalue weighted by Gasteiger charge is -2.28. The number of hydrogen-bond acceptors (Lipinski definition) is 9. The van der Waals surface area contributed by atoms with Crippen LogP contribution in [0.5, 0.6) is 11.5 Å². The van der Waals surface area contributed by atoms with Crippen molar-refractivity contribution in [3.8, 4) is 11.5 Å². The van der Waals surface area contributed by atoms with Crippen molar-refractivity contribution in [2.24, 2.45) is 0 Å². The van der Waals surface area contributed by atoms with Gasteiger partial charge in [0.15, 0.2) is 11.5 Å². The number of rotatable bonds is 8. The third-order valence-electron chi connectivity index (χ3n) is 5.56. The molecular formula is C24H23N3O8S. The van der Waals surface area contributed by atoms with Crippen molar-refractivity contribution < 1.29 is 33.5 Å². The number of hydrogen-bond donors (Lipinski definition) is 0. The highest BCUT2D eigenvalue weighted by molar-refractivity contribution is 8.18. The van der Waals surface area contributed by atoms with Crippen LogP contribution in [0.4, 0.5) is 10.5 Å². The van der Waals surface area contributed by atoms with Gasteiger partial charge in [-0.25, -0.2) is 0 Å². The van der Waals surface area contributed by atoms with Crippen LogP contribution in [0.1, 0.15) is 11.1 Å². The molecule has 4 rings (SSSR count). The zero-order chi connectivity index (χ0) is 25.7. The first-order valence-corrected chi connectivity index (χ1v) is 11.8. The number of non-ortho nitro benzene ring substituents is 1. The first-order chi connectivity index (χ1) is 17.4. The van der Waals surface area contributed by atoms with Crippen LogP contribution in [0.25, 0.3) is 6.08 Å². The molecular weight excluding hydrogens is 490 g/mol. The summed E-state index contributed by atoms with van der Waals surface area (Å²) in [6, 6.07) is 11.1. The van der Waals surface area contributed by atoms with E-state index < -0.39 is 16.1 Å². The number of morpholine rings is 1. The van der Waals surface area contributed by atoms with Crippen LogP contribution >= 0.6 is 11.8 Å². The van der Waals surface area contributed by atoms with Crippen molar-refractivity contribution in [3.63, 3.8) is 0 Å². The summed E-state index contributed by atoms with van der Waals surface area (Å²) in [5.74, 6) is 0.0340. The van der Waals surface area contributed by atoms with Gasteiger partial charge in [0.05, 0.1) is 30.2 Å². The topological polar surface area (TPSA) is 129 Å². The Labute approximate surface area is 210 Å². The van der Waals surface area contributed by atoms with Crippen molar-refractivity contribution in [2.45, 2.75) is 6.61 Å². The van der Waals surface area contributed by atoms with Gasteiger partial charge in [-0.05, 0) is 53.2 Å². The molecule has 0 spiro atoms. The minimum Gasteiger partial charge on any atom is -0.493 e. The predicted molar refractivity (Wildman–Crippen MR) is 130 cm³/mol. The van der Waals surface area contributed by atoms with Gasteiger partial charge in [0, 0.05) is 25.2 Å². The molecule has 0 aliphatic carbocycles. The molecule has 0 N–H and O–H groups in total. The summed E-state index contributed by atoms with van der Waals surface area (Å²) in [5.41, 5.74) is 1.35. The van der Waals surface area contributed by atoms with E-state index in [4.69, 9.17) is 14.2 Å². The highest BCUT2D eigenvalue weighted by Gasteiger charge is 2.37. The Hall–Kier alpha value is -3.90. The Morgan fingerprint density at radius 1 is 1.14 bits per heavy atom. The number of benzene rings is 2. The van der Waals surface area contributed by atoms with E-state index in [0.29, 0.717) is 43.4 Å². The van der Waals surface area contributed by atoms with Gasteiger partial charge < -0.3 is 19.1 Å². The molecule has 0 aromatic heterocycles. The summed E-state index contributed by atoms with van der Waals surface area (Å²) in [6.07, 6.45) is 1.56. The van der Waals surface area contributed by atoms with Crippen molar-refractivity contribution >= 4 is 40.6 Å². The number of nitro groups is 1. The van der Waals surface area contributed by atoms with E-state index in [1.807, 2.05) is 0 Å². The minimum atomic E-state index is -0.524. The van der Waals surface area contributed by atoms with Gasteiger partial charge in [-0.3, -0.25) is 29.4 Å². The van der Waals surface area contributed by atoms with Gasteiger partial charge in [-0.15, -0.1) is 0 Å². The molecule has 36 heavy (non-hydrogen) atoms. The molecule has 2 aliphatic rings. The molecule has 2 aromatic carbocycles. The van der Waals surface area contributed by atoms with E-state index in [1.54, 1.807) is 41.3 Å². The van der Waals surface area contributed by atoms with E-state index in [1.165, 1.54) is 19.2 Å². The largest absolute Gasteiger partial charge is 0.493 e. The van der Waals surface area contributed by atoms with Crippen LogP contribution in [0.3, 0.4) is 0 Å². The molecule has 2 aromatic rings. The summed E-state index contributed by atoms with van der Waals surface area (Å²) in [5, 5.41) is 10.3. The quantitative estimate of drug-likeness (QED) is 0.297. The maximum atomic E-state index is 12.8. The first-order valence-electron chi connectivity index (χ1n) is 11.0. The summed E-state index contributed by atoms with van der Waals surface area (Å²) in [7, 11) is 1.48. The Balaban J connectivity index is 1.42. The van der Waals surface area contributed by atoms with Gasteiger partial charge in [0.25, 0.3) is 16.8 Å². The molecule has 0 unspecified atom stereocenters. The van der Waals surface area contributed by atoms with Gasteiger partial charge >= 0.3 is 0 Å². The number of nitro benzene ring substituents is 1. The van der Waals surface area contributed by atoms with Gasteiger partial charge in [0.1, 0.15) is 13.2 Å². The molecule has 3 amide bonds. The smallest absolute Gasteiger partial charge is 0.294 e. The average Bonchev–Trinajstić information content (AvgIpc) is 3.15. The zero-order valence-electron chi connectivity index (χ0n) is 19.4. The lowest BCUT2D eigenvalue weighted by Crippen LogP contribution is -2.46. The number of methoxy groups -OCH3 is 1. The second-order valence-electron chi connectivity index (χ2n) is 7.88. The second kappa shape index (κ2) is 11.2. The molecule has 0 bridgehead atoms. The van der Waals surface area contributed by atoms with Crippen molar-refractivity contribution in [2.75, 3.05) is 40.0 Å². The fraction of sp³-hybridized carbons (Fsp3) is 0.292. The molecule has 2 saturated heterocycles. The number of carbonyl (C=O) groups is 3. The monoisotopic (exact) mass is 513 g/mol. The lowest BCUT2D eigenvalue weighted by atomic mass is 10.1. The van der Waals surface area contributed by atoms with Crippen LogP contribution in [-0.4, -0.2) is 71.7 Å². The van der Waals surface area contributed by atoms with Crippen LogP contribution in [0.2, 0.25) is 0 Å². The first kappa shape index (κ1) is 25.2. The molecule has 11 nitrogen and oxygen atoms in total. The van der Waals surface area contributed by atoms with E-state index in [0.717, 1.165) is 22.2 Å². The van der Waals surface area contributed by atoms with Crippen LogP contribution in [-0.2, 0) is 20.9 Å². The zero-order valence-corrected chi connectivity index (χ0v) is 20.2. The van der Waals surface area contributed by atoms with Crippen molar-refractivity contribution in [3.05, 3.63) is 68.6 Å². The summed E-state index contributed by atoms with van der Waals surface area (Å²) >= 11 is 0.777. The van der Waals surface area contributed by atoms with Gasteiger partial charge in [-0.2, -0.15) is 0 Å². The number of imide groups is 1. The molecule has 188 valence electrons. The molecule has 0 atom stereocenters.